The first-order valence-electron chi connectivity index (χ1n) is 11.2. The van der Waals surface area contributed by atoms with E-state index in [9.17, 15) is 18.0 Å². The van der Waals surface area contributed by atoms with Gasteiger partial charge in [0.25, 0.3) is 5.91 Å². The number of imide groups is 1. The van der Waals surface area contributed by atoms with Crippen LogP contribution < -0.4 is 5.32 Å². The van der Waals surface area contributed by atoms with Gasteiger partial charge in [-0.15, -0.1) is 0 Å². The predicted molar refractivity (Wildman–Crippen MR) is 128 cm³/mol. The molecule has 2 heterocycles. The highest BCUT2D eigenvalue weighted by atomic mass is 32.2. The van der Waals surface area contributed by atoms with Gasteiger partial charge in [-0.2, -0.15) is 4.31 Å². The number of sulfonamides is 1. The van der Waals surface area contributed by atoms with E-state index in [0.717, 1.165) is 16.3 Å². The number of carbonyl (C=O) groups excluding carboxylic acids is 2. The number of rotatable bonds is 5. The fraction of sp³-hybridized carbons (Fsp3) is 0.280. The van der Waals surface area contributed by atoms with Crippen LogP contribution in [0.4, 0.5) is 4.79 Å². The first-order chi connectivity index (χ1) is 16.3. The van der Waals surface area contributed by atoms with Crippen LogP contribution in [0.25, 0.3) is 10.8 Å². The second kappa shape index (κ2) is 8.50. The first kappa shape index (κ1) is 22.5. The van der Waals surface area contributed by atoms with Gasteiger partial charge >= 0.3 is 6.03 Å². The molecule has 0 aliphatic carbocycles. The molecule has 34 heavy (non-hydrogen) atoms. The number of carbonyl (C=O) groups is 2. The topological polar surface area (TPSA) is 90.0 Å². The van der Waals surface area contributed by atoms with Crippen molar-refractivity contribution >= 4 is 32.7 Å². The van der Waals surface area contributed by atoms with Gasteiger partial charge in [0.2, 0.25) is 10.0 Å². The van der Waals surface area contributed by atoms with Crippen molar-refractivity contribution in [3.63, 3.8) is 0 Å². The molecule has 3 aromatic carbocycles. The lowest BCUT2D eigenvalue weighted by molar-refractivity contribution is -0.132. The van der Waals surface area contributed by atoms with Gasteiger partial charge in [-0.05, 0) is 35.4 Å². The summed E-state index contributed by atoms with van der Waals surface area (Å²) in [6, 6.07) is 21.5. The van der Waals surface area contributed by atoms with E-state index in [1.807, 2.05) is 65.6 Å². The number of hydrogen-bond donors (Lipinski definition) is 1. The molecule has 5 rings (SSSR count). The SMILES string of the molecule is C[C@@]1(c2ccccc2)NC(=O)N(CN2CCN(S(=O)(=O)c3ccc4ccccc4c3)CC2)C1=O. The zero-order valence-electron chi connectivity index (χ0n) is 18.8. The van der Waals surface area contributed by atoms with Gasteiger partial charge < -0.3 is 5.32 Å². The summed E-state index contributed by atoms with van der Waals surface area (Å²) in [5.41, 5.74) is -0.387. The molecular formula is C25H26N4O4S. The minimum atomic E-state index is -3.63. The van der Waals surface area contributed by atoms with Crippen molar-refractivity contribution in [2.75, 3.05) is 32.8 Å². The van der Waals surface area contributed by atoms with Crippen LogP contribution in [0.15, 0.2) is 77.7 Å². The molecule has 0 unspecified atom stereocenters. The van der Waals surface area contributed by atoms with Crippen LogP contribution in [0.2, 0.25) is 0 Å². The Morgan fingerprint density at radius 2 is 1.50 bits per heavy atom. The average Bonchev–Trinajstić information content (AvgIpc) is 3.08. The molecule has 0 saturated carbocycles. The molecule has 3 amide bonds. The van der Waals surface area contributed by atoms with Crippen LogP contribution in [0.5, 0.6) is 0 Å². The smallest absolute Gasteiger partial charge is 0.319 e. The van der Waals surface area contributed by atoms with E-state index in [2.05, 4.69) is 5.32 Å². The van der Waals surface area contributed by atoms with E-state index in [4.69, 9.17) is 0 Å². The average molecular weight is 479 g/mol. The highest BCUT2D eigenvalue weighted by Crippen LogP contribution is 2.29. The maximum Gasteiger partial charge on any atom is 0.326 e. The largest absolute Gasteiger partial charge is 0.326 e. The molecule has 1 atom stereocenters. The summed E-state index contributed by atoms with van der Waals surface area (Å²) < 4.78 is 27.9. The van der Waals surface area contributed by atoms with Gasteiger partial charge in [0, 0.05) is 26.2 Å². The fourth-order valence-corrected chi connectivity index (χ4v) is 6.04. The Morgan fingerprint density at radius 1 is 0.853 bits per heavy atom. The van der Waals surface area contributed by atoms with Crippen molar-refractivity contribution in [3.8, 4) is 0 Å². The van der Waals surface area contributed by atoms with Crippen LogP contribution in [0.3, 0.4) is 0 Å². The van der Waals surface area contributed by atoms with E-state index in [1.165, 1.54) is 9.21 Å². The summed E-state index contributed by atoms with van der Waals surface area (Å²) >= 11 is 0. The lowest BCUT2D eigenvalue weighted by Gasteiger charge is -2.35. The normalized spacial score (nSPS) is 22.3. The highest BCUT2D eigenvalue weighted by molar-refractivity contribution is 7.89. The standard InChI is InChI=1S/C25H26N4O4S/c1-25(21-9-3-2-4-10-21)23(30)29(24(31)26-25)18-27-13-15-28(16-14-27)34(32,33)22-12-11-19-7-5-6-8-20(19)17-22/h2-12,17H,13-16,18H2,1H3,(H,26,31)/t25-/m0/s1. The Labute approximate surface area is 198 Å². The summed E-state index contributed by atoms with van der Waals surface area (Å²) in [6.45, 7) is 3.25. The number of hydrogen-bond acceptors (Lipinski definition) is 5. The fourth-order valence-electron chi connectivity index (χ4n) is 4.58. The summed E-state index contributed by atoms with van der Waals surface area (Å²) in [5, 5.41) is 4.67. The zero-order chi connectivity index (χ0) is 23.9. The number of piperazine rings is 1. The number of benzene rings is 3. The third-order valence-corrected chi connectivity index (χ3v) is 8.55. The summed E-state index contributed by atoms with van der Waals surface area (Å²) in [7, 11) is -3.63. The lowest BCUT2D eigenvalue weighted by Crippen LogP contribution is -2.52. The summed E-state index contributed by atoms with van der Waals surface area (Å²) in [6.07, 6.45) is 0. The van der Waals surface area contributed by atoms with Crippen molar-refractivity contribution in [1.82, 2.24) is 19.4 Å². The van der Waals surface area contributed by atoms with Crippen molar-refractivity contribution in [2.24, 2.45) is 0 Å². The Bertz CT molecular complexity index is 1350. The van der Waals surface area contributed by atoms with E-state index in [-0.39, 0.29) is 30.6 Å². The molecule has 2 fully saturated rings. The van der Waals surface area contributed by atoms with E-state index < -0.39 is 21.6 Å². The summed E-state index contributed by atoms with van der Waals surface area (Å²) in [4.78, 5) is 29.2. The van der Waals surface area contributed by atoms with Gasteiger partial charge in [0.05, 0.1) is 11.6 Å². The van der Waals surface area contributed by atoms with Crippen LogP contribution in [0, 0.1) is 0 Å². The number of amides is 3. The quantitative estimate of drug-likeness (QED) is 0.570. The minimum absolute atomic E-state index is 0.122. The number of nitrogens with one attached hydrogen (secondary N) is 1. The highest BCUT2D eigenvalue weighted by Gasteiger charge is 2.49. The molecule has 0 radical (unpaired) electrons. The van der Waals surface area contributed by atoms with Gasteiger partial charge in [-0.3, -0.25) is 9.69 Å². The molecule has 2 aliphatic rings. The van der Waals surface area contributed by atoms with Crippen molar-refractivity contribution in [3.05, 3.63) is 78.4 Å². The number of fused-ring (bicyclic) bond motifs is 1. The monoisotopic (exact) mass is 478 g/mol. The van der Waals surface area contributed by atoms with Crippen molar-refractivity contribution < 1.29 is 18.0 Å². The van der Waals surface area contributed by atoms with E-state index in [1.54, 1.807) is 19.1 Å². The third-order valence-electron chi connectivity index (χ3n) is 6.66. The predicted octanol–water partition coefficient (Wildman–Crippen LogP) is 2.57. The molecule has 2 aliphatic heterocycles. The molecule has 0 aromatic heterocycles. The van der Waals surface area contributed by atoms with Gasteiger partial charge in [-0.1, -0.05) is 60.7 Å². The molecule has 2 saturated heterocycles. The van der Waals surface area contributed by atoms with Crippen LogP contribution >= 0.6 is 0 Å². The molecular weight excluding hydrogens is 452 g/mol. The second-order valence-corrected chi connectivity index (χ2v) is 10.8. The molecule has 1 N–H and O–H groups in total. The van der Waals surface area contributed by atoms with E-state index >= 15 is 0 Å². The molecule has 176 valence electrons. The van der Waals surface area contributed by atoms with Crippen LogP contribution in [0.1, 0.15) is 12.5 Å². The summed E-state index contributed by atoms with van der Waals surface area (Å²) in [5.74, 6) is -0.310. The molecule has 9 heteroatoms. The Hall–Kier alpha value is -3.27. The third kappa shape index (κ3) is 3.85. The van der Waals surface area contributed by atoms with Gasteiger partial charge in [0.15, 0.2) is 0 Å². The Balaban J connectivity index is 1.25. The molecule has 3 aromatic rings. The van der Waals surface area contributed by atoms with Gasteiger partial charge in [0.1, 0.15) is 5.54 Å². The van der Waals surface area contributed by atoms with Gasteiger partial charge in [-0.25, -0.2) is 18.1 Å². The molecule has 0 bridgehead atoms. The lowest BCUT2D eigenvalue weighted by atomic mass is 9.92. The first-order valence-corrected chi connectivity index (χ1v) is 12.6. The van der Waals surface area contributed by atoms with Crippen molar-refractivity contribution in [2.45, 2.75) is 17.4 Å². The second-order valence-electron chi connectivity index (χ2n) is 8.83. The number of urea groups is 1. The maximum atomic E-state index is 13.2. The van der Waals surface area contributed by atoms with Crippen LogP contribution in [-0.2, 0) is 20.4 Å². The minimum Gasteiger partial charge on any atom is -0.319 e. The maximum absolute atomic E-state index is 13.2. The molecule has 8 nitrogen and oxygen atoms in total. The van der Waals surface area contributed by atoms with Crippen LogP contribution in [-0.4, -0.2) is 67.3 Å². The molecule has 0 spiro atoms. The Kier molecular flexibility index (Phi) is 5.63. The number of nitrogens with zero attached hydrogens (tertiary/aromatic N) is 3. The van der Waals surface area contributed by atoms with E-state index in [0.29, 0.717) is 13.1 Å². The Morgan fingerprint density at radius 3 is 2.21 bits per heavy atom. The van der Waals surface area contributed by atoms with Crippen molar-refractivity contribution in [1.29, 1.82) is 0 Å². The zero-order valence-corrected chi connectivity index (χ0v) is 19.7.